The Morgan fingerprint density at radius 2 is 0.817 bits per heavy atom. The highest BCUT2D eigenvalue weighted by molar-refractivity contribution is 7.35. The summed E-state index contributed by atoms with van der Waals surface area (Å²) in [6, 6.07) is 56.4. The fourth-order valence-electron chi connectivity index (χ4n) is 11.9. The lowest BCUT2D eigenvalue weighted by atomic mass is 9.78. The number of rotatable bonds is 6. The SMILES string of the molecule is [C-]#[N+]C([N+]#[C-])=C1/C(=C/c2cc3c(s2)-c2sc4c5c(sc4c2OC3(c2ccc(C)cc2)c2ccc(C)cc2)-c2sc(/C=C3\C(=O)c4ccccc4C3=C(C#N)C#N)cc2C(c2ccc(C)cc2)(c2ccc(C)cc2)O5)C(=O)c2ccccc21. The monoisotopic (exact) mass is 1130 g/mol. The number of fused-ring (bicyclic) bond motifs is 11. The Bertz CT molecular complexity index is 4370. The molecule has 0 spiro atoms. The topological polar surface area (TPSA) is 109 Å². The van der Waals surface area contributed by atoms with Gasteiger partial charge in [0.25, 0.3) is 0 Å². The van der Waals surface area contributed by atoms with E-state index in [2.05, 4.69) is 159 Å². The molecule has 82 heavy (non-hydrogen) atoms. The molecule has 0 radical (unpaired) electrons. The molecule has 388 valence electrons. The van der Waals surface area contributed by atoms with Gasteiger partial charge in [0.15, 0.2) is 34.3 Å². The van der Waals surface area contributed by atoms with Crippen molar-refractivity contribution in [2.24, 2.45) is 0 Å². The molecule has 0 bridgehead atoms. The lowest BCUT2D eigenvalue weighted by Gasteiger charge is -2.39. The minimum atomic E-state index is -1.21. The largest absolute Gasteiger partial charge is 0.528 e. The Kier molecular flexibility index (Phi) is 11.7. The summed E-state index contributed by atoms with van der Waals surface area (Å²) >= 11 is 6.28. The van der Waals surface area contributed by atoms with Crippen molar-refractivity contribution < 1.29 is 19.1 Å². The van der Waals surface area contributed by atoms with Gasteiger partial charge in [0.1, 0.15) is 30.9 Å². The fourth-order valence-corrected chi connectivity index (χ4v) is 17.1. The summed E-state index contributed by atoms with van der Waals surface area (Å²) in [6.45, 7) is 24.3. The second-order valence-corrected chi connectivity index (χ2v) is 25.0. The van der Waals surface area contributed by atoms with Crippen LogP contribution >= 0.6 is 45.3 Å². The normalized spacial score (nSPS) is 15.7. The second-order valence-electron chi connectivity index (χ2n) is 20.8. The van der Waals surface area contributed by atoms with Gasteiger partial charge in [0.2, 0.25) is 0 Å². The van der Waals surface area contributed by atoms with E-state index in [1.54, 1.807) is 70.4 Å². The predicted molar refractivity (Wildman–Crippen MR) is 328 cm³/mol. The smallest absolute Gasteiger partial charge is 0.470 e. The quantitative estimate of drug-likeness (QED) is 0.0932. The van der Waals surface area contributed by atoms with Gasteiger partial charge in [-0.1, -0.05) is 168 Å². The van der Waals surface area contributed by atoms with Crippen LogP contribution in [0.4, 0.5) is 0 Å². The average molecular weight is 1130 g/mol. The van der Waals surface area contributed by atoms with Gasteiger partial charge >= 0.3 is 5.82 Å². The Morgan fingerprint density at radius 1 is 0.476 bits per heavy atom. The highest BCUT2D eigenvalue weighted by Crippen LogP contribution is 2.67. The third-order valence-electron chi connectivity index (χ3n) is 15.8. The van der Waals surface area contributed by atoms with Crippen molar-refractivity contribution in [3.05, 3.63) is 291 Å². The molecule has 0 atom stereocenters. The van der Waals surface area contributed by atoms with Crippen LogP contribution in [-0.2, 0) is 11.2 Å². The van der Waals surface area contributed by atoms with Crippen molar-refractivity contribution >= 4 is 89.6 Å². The zero-order valence-electron chi connectivity index (χ0n) is 44.2. The second kappa shape index (κ2) is 18.9. The molecule has 4 aliphatic rings. The van der Waals surface area contributed by atoms with Crippen LogP contribution in [0.3, 0.4) is 0 Å². The van der Waals surface area contributed by atoms with E-state index in [0.717, 1.165) is 94.3 Å². The number of thiophene rings is 4. The molecule has 4 aromatic heterocycles. The van der Waals surface area contributed by atoms with Crippen LogP contribution in [0.2, 0.25) is 0 Å². The van der Waals surface area contributed by atoms with E-state index in [0.29, 0.717) is 50.5 Å². The molecule has 0 unspecified atom stereocenters. The van der Waals surface area contributed by atoms with Crippen molar-refractivity contribution in [3.63, 3.8) is 0 Å². The van der Waals surface area contributed by atoms with Crippen LogP contribution < -0.4 is 9.47 Å². The van der Waals surface area contributed by atoms with Gasteiger partial charge in [-0.2, -0.15) is 20.2 Å². The van der Waals surface area contributed by atoms with Crippen molar-refractivity contribution in [1.29, 1.82) is 10.5 Å². The number of hydrogen-bond donors (Lipinski definition) is 0. The standard InChI is InChI=1S/C70H40N4O4S4/c1-37-15-23-42(24-16-37)69(43-25-17-38(2)18-26-43)54-33-46(31-52-56(41(35-71)36-72)48-11-7-9-13-50(48)58(52)75)79-62(54)64-60(77-69)66-67(81-64)61-65(82-66)63-55(70(78-61,44-27-19-39(3)20-28-44)45-29-21-40(4)22-30-45)34-47(80-63)32-53-57(68(73-5)74-6)49-12-8-10-14-51(49)59(53)76/h7-34H,1-4H3/b52-31-,53-32-. The van der Waals surface area contributed by atoms with E-state index in [-0.39, 0.29) is 28.5 Å². The number of allylic oxidation sites excluding steroid dienone is 5. The van der Waals surface area contributed by atoms with Crippen molar-refractivity contribution in [3.8, 4) is 43.1 Å². The highest BCUT2D eigenvalue weighted by Gasteiger charge is 2.51. The molecule has 12 heteroatoms. The summed E-state index contributed by atoms with van der Waals surface area (Å²) in [7, 11) is 0. The first-order valence-corrected chi connectivity index (χ1v) is 29.5. The number of benzene rings is 6. The number of nitrogens with zero attached hydrogens (tertiary/aromatic N) is 4. The van der Waals surface area contributed by atoms with Gasteiger partial charge in [-0.3, -0.25) is 9.59 Å². The number of ether oxygens (including phenoxy) is 2. The van der Waals surface area contributed by atoms with Crippen LogP contribution in [0.25, 0.3) is 61.9 Å². The van der Waals surface area contributed by atoms with Crippen molar-refractivity contribution in [2.45, 2.75) is 38.9 Å². The van der Waals surface area contributed by atoms with Crippen LogP contribution in [0, 0.1) is 63.5 Å². The van der Waals surface area contributed by atoms with Gasteiger partial charge in [0.05, 0.1) is 34.5 Å². The molecule has 0 amide bonds. The molecule has 8 nitrogen and oxygen atoms in total. The molecule has 0 fully saturated rings. The Labute approximate surface area is 488 Å². The summed E-state index contributed by atoms with van der Waals surface area (Å²) in [5, 5.41) is 20.5. The lowest BCUT2D eigenvalue weighted by molar-refractivity contribution is 0.103. The van der Waals surface area contributed by atoms with Gasteiger partial charge in [0, 0.05) is 71.0 Å². The van der Waals surface area contributed by atoms with Crippen LogP contribution in [0.5, 0.6) is 11.5 Å². The maximum atomic E-state index is 14.5. The molecule has 0 saturated heterocycles. The summed E-state index contributed by atoms with van der Waals surface area (Å²) in [5.74, 6) is 0.709. The average Bonchev–Trinajstić information content (AvgIpc) is 1.68. The highest BCUT2D eigenvalue weighted by atomic mass is 32.1. The number of Topliss-reactive ketones (excluding diaryl/α,β-unsaturated/α-hetero) is 2. The number of ketones is 2. The van der Waals surface area contributed by atoms with E-state index in [4.69, 9.17) is 22.6 Å². The number of aryl methyl sites for hydroxylation is 4. The van der Waals surface area contributed by atoms with E-state index in [9.17, 15) is 20.1 Å². The lowest BCUT2D eigenvalue weighted by Crippen LogP contribution is -2.37. The zero-order chi connectivity index (χ0) is 56.3. The van der Waals surface area contributed by atoms with E-state index < -0.39 is 11.2 Å². The maximum Gasteiger partial charge on any atom is 0.528 e. The summed E-state index contributed by atoms with van der Waals surface area (Å²) in [6.07, 6.45) is 3.67. The predicted octanol–water partition coefficient (Wildman–Crippen LogP) is 17.9. The summed E-state index contributed by atoms with van der Waals surface area (Å²) < 4.78 is 17.6. The zero-order valence-corrected chi connectivity index (χ0v) is 47.5. The van der Waals surface area contributed by atoms with Crippen LogP contribution in [0.1, 0.15) is 97.2 Å². The molecule has 14 rings (SSSR count). The molecule has 2 aliphatic carbocycles. The van der Waals surface area contributed by atoms with Crippen LogP contribution in [0.15, 0.2) is 180 Å². The first kappa shape index (κ1) is 50.5. The number of hydrogen-bond acceptors (Lipinski definition) is 10. The number of nitriles is 2. The van der Waals surface area contributed by atoms with Crippen LogP contribution in [-0.4, -0.2) is 11.6 Å². The van der Waals surface area contributed by atoms with Gasteiger partial charge < -0.3 is 9.47 Å². The van der Waals surface area contributed by atoms with Crippen molar-refractivity contribution in [1.82, 2.24) is 0 Å². The van der Waals surface area contributed by atoms with E-state index in [1.807, 2.05) is 24.3 Å². The molecule has 6 heterocycles. The minimum Gasteiger partial charge on any atom is -0.470 e. The van der Waals surface area contributed by atoms with Gasteiger partial charge in [-0.05, 0) is 63.1 Å². The first-order valence-electron chi connectivity index (χ1n) is 26.2. The van der Waals surface area contributed by atoms with Crippen molar-refractivity contribution in [2.75, 3.05) is 0 Å². The third kappa shape index (κ3) is 7.34. The molecule has 6 aromatic carbocycles. The molecular weight excluding hydrogens is 1090 g/mol. The minimum absolute atomic E-state index is 0.132. The van der Waals surface area contributed by atoms with E-state index in [1.165, 1.54) is 11.3 Å². The fraction of sp³-hybridized carbons (Fsp3) is 0.0857. The summed E-state index contributed by atoms with van der Waals surface area (Å²) in [4.78, 5) is 41.3. The Hall–Kier alpha value is -9.76. The molecule has 0 saturated carbocycles. The molecule has 10 aromatic rings. The Balaban J connectivity index is 1.05. The number of carbonyl (C=O) groups is 2. The summed E-state index contributed by atoms with van der Waals surface area (Å²) in [5.41, 5.74) is 10.4. The van der Waals surface area contributed by atoms with Gasteiger partial charge in [-0.15, -0.1) is 45.3 Å². The maximum absolute atomic E-state index is 14.5. The molecule has 0 N–H and O–H groups in total. The molecule has 2 aliphatic heterocycles. The number of carbonyl (C=O) groups excluding carboxylic acids is 2. The van der Waals surface area contributed by atoms with E-state index >= 15 is 0 Å². The Morgan fingerprint density at radius 3 is 1.17 bits per heavy atom. The third-order valence-corrected chi connectivity index (χ3v) is 20.8. The van der Waals surface area contributed by atoms with Gasteiger partial charge in [-0.25, -0.2) is 0 Å². The molecular formula is C70H40N4O4S4. The first-order chi connectivity index (χ1) is 39.9.